The van der Waals surface area contributed by atoms with Crippen molar-refractivity contribution in [2.45, 2.75) is 81.2 Å². The number of hydrogen-bond donors (Lipinski definition) is 0. The highest BCUT2D eigenvalue weighted by Crippen LogP contribution is 2.31. The molecule has 1 nitrogen and oxygen atoms in total. The Morgan fingerprint density at radius 1 is 0.879 bits per heavy atom. The highest BCUT2D eigenvalue weighted by molar-refractivity contribution is 7.98. The third-order valence-corrected chi connectivity index (χ3v) is 7.78. The Morgan fingerprint density at radius 3 is 2.39 bits per heavy atom. The average molecular weight is 473 g/mol. The molecule has 0 aliphatic heterocycles. The topological polar surface area (TPSA) is 3.88 Å². The third-order valence-electron chi connectivity index (χ3n) is 6.75. The molecule has 0 unspecified atom stereocenters. The van der Waals surface area contributed by atoms with Crippen molar-refractivity contribution in [1.82, 2.24) is 0 Å². The SMILES string of the molecule is FC(F)(F)c1ccc(CSc2cc3ccccc3[n+](CCCCCC3CCCCC3)c2)cc1. The number of unbranched alkanes of at least 4 members (excludes halogenated alkanes) is 2. The van der Waals surface area contributed by atoms with Crippen molar-refractivity contribution in [3.8, 4) is 0 Å². The molecule has 1 aliphatic rings. The molecule has 4 rings (SSSR count). The molecule has 0 radical (unpaired) electrons. The van der Waals surface area contributed by atoms with Gasteiger partial charge in [0.05, 0.1) is 10.5 Å². The number of pyridine rings is 1. The van der Waals surface area contributed by atoms with Crippen LogP contribution in [0.2, 0.25) is 0 Å². The van der Waals surface area contributed by atoms with Gasteiger partial charge in [-0.1, -0.05) is 69.2 Å². The van der Waals surface area contributed by atoms with Crippen molar-refractivity contribution >= 4 is 22.7 Å². The maximum atomic E-state index is 12.8. The van der Waals surface area contributed by atoms with Crippen LogP contribution in [0.3, 0.4) is 0 Å². The van der Waals surface area contributed by atoms with Crippen LogP contribution in [0.25, 0.3) is 10.9 Å². The Morgan fingerprint density at radius 2 is 1.64 bits per heavy atom. The molecule has 0 bridgehead atoms. The van der Waals surface area contributed by atoms with E-state index in [1.807, 2.05) is 0 Å². The standard InChI is InChI=1S/C28H33F3NS/c29-28(30,31)25-16-14-23(15-17-25)21-33-26-19-24-12-6-7-13-27(24)32(20-26)18-8-2-5-11-22-9-3-1-4-10-22/h6-7,12-17,19-20,22H,1-5,8-11,18,21H2/q+1. The van der Waals surface area contributed by atoms with E-state index in [4.69, 9.17) is 0 Å². The van der Waals surface area contributed by atoms with Crippen LogP contribution >= 0.6 is 11.8 Å². The first kappa shape index (κ1) is 24.1. The lowest BCUT2D eigenvalue weighted by molar-refractivity contribution is -0.673. The summed E-state index contributed by atoms with van der Waals surface area (Å²) >= 11 is 1.68. The molecule has 1 aliphatic carbocycles. The van der Waals surface area contributed by atoms with Gasteiger partial charge in [-0.2, -0.15) is 17.7 Å². The van der Waals surface area contributed by atoms with Crippen LogP contribution in [0.4, 0.5) is 13.2 Å². The first-order valence-electron chi connectivity index (χ1n) is 12.2. The minimum absolute atomic E-state index is 0.594. The Hall–Kier alpha value is -2.01. The summed E-state index contributed by atoms with van der Waals surface area (Å²) in [5.74, 6) is 1.61. The zero-order valence-corrected chi connectivity index (χ0v) is 19.9. The zero-order chi connectivity index (χ0) is 23.1. The number of thioether (sulfide) groups is 1. The Bertz CT molecular complexity index is 1020. The van der Waals surface area contributed by atoms with Gasteiger partial charge in [0.25, 0.3) is 0 Å². The van der Waals surface area contributed by atoms with Crippen LogP contribution < -0.4 is 4.57 Å². The smallest absolute Gasteiger partial charge is 0.197 e. The average Bonchev–Trinajstić information content (AvgIpc) is 2.83. The van der Waals surface area contributed by atoms with Gasteiger partial charge >= 0.3 is 6.18 Å². The summed E-state index contributed by atoms with van der Waals surface area (Å²) in [5, 5.41) is 1.21. The summed E-state index contributed by atoms with van der Waals surface area (Å²) in [7, 11) is 0. The second kappa shape index (κ2) is 11.4. The second-order valence-electron chi connectivity index (χ2n) is 9.26. The monoisotopic (exact) mass is 472 g/mol. The highest BCUT2D eigenvalue weighted by atomic mass is 32.2. The van der Waals surface area contributed by atoms with E-state index in [0.29, 0.717) is 5.75 Å². The van der Waals surface area contributed by atoms with E-state index < -0.39 is 11.7 Å². The van der Waals surface area contributed by atoms with Gasteiger partial charge in [0.2, 0.25) is 5.52 Å². The number of alkyl halides is 3. The van der Waals surface area contributed by atoms with Gasteiger partial charge in [-0.05, 0) is 42.2 Å². The minimum Gasteiger partial charge on any atom is -0.197 e. The van der Waals surface area contributed by atoms with E-state index >= 15 is 0 Å². The summed E-state index contributed by atoms with van der Waals surface area (Å²) in [4.78, 5) is 1.15. The summed E-state index contributed by atoms with van der Waals surface area (Å²) in [6.45, 7) is 1.000. The van der Waals surface area contributed by atoms with E-state index in [-0.39, 0.29) is 0 Å². The number of rotatable bonds is 9. The first-order valence-corrected chi connectivity index (χ1v) is 13.2. The quantitative estimate of drug-likeness (QED) is 0.171. The Kier molecular flexibility index (Phi) is 8.34. The van der Waals surface area contributed by atoms with Crippen LogP contribution in [-0.4, -0.2) is 0 Å². The fourth-order valence-corrected chi connectivity index (χ4v) is 5.81. The van der Waals surface area contributed by atoms with Crippen molar-refractivity contribution in [2.75, 3.05) is 0 Å². The molecule has 0 spiro atoms. The van der Waals surface area contributed by atoms with Gasteiger partial charge in [0.1, 0.15) is 6.54 Å². The molecular formula is C28H33F3NS+. The van der Waals surface area contributed by atoms with E-state index in [9.17, 15) is 13.2 Å². The van der Waals surface area contributed by atoms with Crippen LogP contribution in [0.15, 0.2) is 65.7 Å². The largest absolute Gasteiger partial charge is 0.416 e. The van der Waals surface area contributed by atoms with E-state index in [2.05, 4.69) is 41.1 Å². The summed E-state index contributed by atoms with van der Waals surface area (Å²) in [6, 6.07) is 16.1. The van der Waals surface area contributed by atoms with Gasteiger partial charge in [-0.3, -0.25) is 0 Å². The number of aromatic nitrogens is 1. The number of halogens is 3. The van der Waals surface area contributed by atoms with Crippen molar-refractivity contribution < 1.29 is 17.7 Å². The number of aryl methyl sites for hydroxylation is 1. The molecule has 176 valence electrons. The maximum absolute atomic E-state index is 12.8. The predicted molar refractivity (Wildman–Crippen MR) is 130 cm³/mol. The molecule has 33 heavy (non-hydrogen) atoms. The minimum atomic E-state index is -4.29. The molecule has 0 atom stereocenters. The number of nitrogens with zero attached hydrogens (tertiary/aromatic N) is 1. The molecule has 1 heterocycles. The molecule has 1 fully saturated rings. The van der Waals surface area contributed by atoms with Crippen LogP contribution in [-0.2, 0) is 18.5 Å². The summed E-state index contributed by atoms with van der Waals surface area (Å²) < 4.78 is 40.8. The number of para-hydroxylation sites is 1. The number of hydrogen-bond acceptors (Lipinski definition) is 1. The van der Waals surface area contributed by atoms with Gasteiger partial charge in [-0.15, -0.1) is 11.8 Å². The normalized spacial score (nSPS) is 15.2. The van der Waals surface area contributed by atoms with E-state index in [0.717, 1.165) is 22.9 Å². The van der Waals surface area contributed by atoms with Crippen molar-refractivity contribution in [2.24, 2.45) is 5.92 Å². The lowest BCUT2D eigenvalue weighted by Crippen LogP contribution is -2.34. The molecule has 5 heteroatoms. The zero-order valence-electron chi connectivity index (χ0n) is 19.1. The molecule has 0 saturated heterocycles. The fourth-order valence-electron chi connectivity index (χ4n) is 4.87. The van der Waals surface area contributed by atoms with Gasteiger partial charge in [0, 0.05) is 23.6 Å². The molecular weight excluding hydrogens is 439 g/mol. The summed E-state index contributed by atoms with van der Waals surface area (Å²) in [6.07, 6.45) is 10.2. The fraction of sp³-hybridized carbons (Fsp3) is 0.464. The first-order chi connectivity index (χ1) is 16.0. The lowest BCUT2D eigenvalue weighted by Gasteiger charge is -2.21. The van der Waals surface area contributed by atoms with Crippen LogP contribution in [0.1, 0.15) is 68.9 Å². The van der Waals surface area contributed by atoms with Crippen LogP contribution in [0.5, 0.6) is 0 Å². The number of fused-ring (bicyclic) bond motifs is 1. The molecule has 3 aromatic rings. The van der Waals surface area contributed by atoms with E-state index in [1.54, 1.807) is 23.9 Å². The predicted octanol–water partition coefficient (Wildman–Crippen LogP) is 8.58. The Labute approximate surface area is 199 Å². The molecule has 0 amide bonds. The van der Waals surface area contributed by atoms with Gasteiger partial charge < -0.3 is 0 Å². The second-order valence-corrected chi connectivity index (χ2v) is 10.3. The van der Waals surface area contributed by atoms with Gasteiger partial charge in [-0.25, -0.2) is 0 Å². The van der Waals surface area contributed by atoms with E-state index in [1.165, 1.54) is 80.8 Å². The third kappa shape index (κ3) is 6.99. The lowest BCUT2D eigenvalue weighted by atomic mass is 9.85. The molecule has 2 aromatic carbocycles. The number of benzene rings is 2. The van der Waals surface area contributed by atoms with Crippen molar-refractivity contribution in [3.05, 3.63) is 71.9 Å². The van der Waals surface area contributed by atoms with Crippen LogP contribution in [0, 0.1) is 5.92 Å². The molecule has 1 aromatic heterocycles. The molecule has 0 N–H and O–H groups in total. The highest BCUT2D eigenvalue weighted by Gasteiger charge is 2.29. The maximum Gasteiger partial charge on any atom is 0.416 e. The Balaban J connectivity index is 1.35. The van der Waals surface area contributed by atoms with Crippen molar-refractivity contribution in [1.29, 1.82) is 0 Å². The molecule has 1 saturated carbocycles. The van der Waals surface area contributed by atoms with Gasteiger partial charge in [0.15, 0.2) is 6.20 Å². The summed E-state index contributed by atoms with van der Waals surface area (Å²) in [5.41, 5.74) is 1.54. The van der Waals surface area contributed by atoms with Crippen molar-refractivity contribution in [3.63, 3.8) is 0 Å².